The fraction of sp³-hybridized carbons (Fsp3) is 0.250. The van der Waals surface area contributed by atoms with Gasteiger partial charge in [-0.15, -0.1) is 0 Å². The Morgan fingerprint density at radius 2 is 1.59 bits per heavy atom. The first-order valence-corrected chi connectivity index (χ1v) is 12.9. The largest absolute Gasteiger partial charge is 0.497 e. The molecule has 5 heteroatoms. The molecule has 3 heterocycles. The fourth-order valence-corrected chi connectivity index (χ4v) is 5.82. The first kappa shape index (κ1) is 22.3. The van der Waals surface area contributed by atoms with E-state index in [2.05, 4.69) is 77.7 Å². The number of nitrogens with zero attached hydrogens (tertiary/aromatic N) is 1. The van der Waals surface area contributed by atoms with Gasteiger partial charge in [0.15, 0.2) is 5.60 Å². The second-order valence-corrected chi connectivity index (χ2v) is 9.77. The Hall–Kier alpha value is -3.96. The predicted molar refractivity (Wildman–Crippen MR) is 146 cm³/mol. The van der Waals surface area contributed by atoms with E-state index >= 15 is 0 Å². The van der Waals surface area contributed by atoms with Crippen LogP contribution in [0.4, 0.5) is 5.69 Å². The molecule has 3 aliphatic rings. The zero-order valence-electron chi connectivity index (χ0n) is 20.9. The van der Waals surface area contributed by atoms with Crippen LogP contribution in [0.1, 0.15) is 22.3 Å². The molecule has 7 rings (SSSR count). The van der Waals surface area contributed by atoms with Crippen molar-refractivity contribution in [3.63, 3.8) is 0 Å². The molecule has 0 amide bonds. The van der Waals surface area contributed by atoms with Crippen LogP contribution in [0.15, 0.2) is 78.9 Å². The van der Waals surface area contributed by atoms with Gasteiger partial charge in [-0.1, -0.05) is 42.5 Å². The maximum absolute atomic E-state index is 7.14. The van der Waals surface area contributed by atoms with E-state index in [4.69, 9.17) is 18.9 Å². The molecule has 0 saturated carbocycles. The van der Waals surface area contributed by atoms with Gasteiger partial charge in [-0.3, -0.25) is 0 Å². The smallest absolute Gasteiger partial charge is 0.178 e. The van der Waals surface area contributed by atoms with Crippen LogP contribution >= 0.6 is 0 Å². The lowest BCUT2D eigenvalue weighted by Gasteiger charge is -2.38. The Morgan fingerprint density at radius 1 is 0.811 bits per heavy atom. The molecular formula is C32H29NO4. The van der Waals surface area contributed by atoms with Gasteiger partial charge < -0.3 is 23.8 Å². The predicted octanol–water partition coefficient (Wildman–Crippen LogP) is 5.97. The lowest BCUT2D eigenvalue weighted by atomic mass is 9.82. The highest BCUT2D eigenvalue weighted by molar-refractivity contribution is 6.02. The number of rotatable bonds is 4. The number of benzene rings is 4. The third kappa shape index (κ3) is 3.65. The first-order valence-electron chi connectivity index (χ1n) is 12.9. The van der Waals surface area contributed by atoms with Gasteiger partial charge in [0.25, 0.3) is 0 Å². The average Bonchev–Trinajstić information content (AvgIpc) is 3.45. The standard InChI is InChI=1S/C32H29NO4/c1-34-25-9-6-23(7-10-25)32(24-8-11-30-22(20-24)13-17-36-30)14-12-28-26-4-2-3-5-27(26)29(21-31(28)37-32)33-15-18-35-19-16-33/h2-12,14,20-21H,13,15-19H2,1H3. The molecule has 1 fully saturated rings. The van der Waals surface area contributed by atoms with Crippen molar-refractivity contribution < 1.29 is 18.9 Å². The van der Waals surface area contributed by atoms with Crippen LogP contribution in [0.5, 0.6) is 17.2 Å². The Kier molecular flexibility index (Phi) is 5.33. The lowest BCUT2D eigenvalue weighted by Crippen LogP contribution is -2.37. The number of fused-ring (bicyclic) bond motifs is 4. The van der Waals surface area contributed by atoms with Gasteiger partial charge in [0.2, 0.25) is 0 Å². The summed E-state index contributed by atoms with van der Waals surface area (Å²) < 4.78 is 24.0. The molecule has 3 aliphatic heterocycles. The molecule has 1 atom stereocenters. The zero-order valence-corrected chi connectivity index (χ0v) is 20.9. The van der Waals surface area contributed by atoms with E-state index in [1.54, 1.807) is 7.11 Å². The molecule has 1 unspecified atom stereocenters. The number of hydrogen-bond donors (Lipinski definition) is 0. The normalized spacial score (nSPS) is 20.2. The monoisotopic (exact) mass is 491 g/mol. The van der Waals surface area contributed by atoms with Crippen LogP contribution < -0.4 is 19.1 Å². The van der Waals surface area contributed by atoms with Crippen LogP contribution in [0.25, 0.3) is 16.8 Å². The van der Waals surface area contributed by atoms with Gasteiger partial charge in [0, 0.05) is 53.3 Å². The van der Waals surface area contributed by atoms with Crippen molar-refractivity contribution in [3.8, 4) is 17.2 Å². The second-order valence-electron chi connectivity index (χ2n) is 9.77. The van der Waals surface area contributed by atoms with Crippen molar-refractivity contribution in [1.82, 2.24) is 0 Å². The molecule has 4 aromatic carbocycles. The van der Waals surface area contributed by atoms with Crippen molar-refractivity contribution in [2.45, 2.75) is 12.0 Å². The van der Waals surface area contributed by atoms with Crippen molar-refractivity contribution >= 4 is 22.5 Å². The number of ether oxygens (including phenoxy) is 4. The second kappa shape index (κ2) is 8.86. The van der Waals surface area contributed by atoms with Gasteiger partial charge >= 0.3 is 0 Å². The number of morpholine rings is 1. The average molecular weight is 492 g/mol. The highest BCUT2D eigenvalue weighted by atomic mass is 16.5. The fourth-order valence-electron chi connectivity index (χ4n) is 5.82. The van der Waals surface area contributed by atoms with E-state index in [1.165, 1.54) is 22.0 Å². The van der Waals surface area contributed by atoms with Crippen LogP contribution in [0, 0.1) is 0 Å². The maximum Gasteiger partial charge on any atom is 0.178 e. The summed E-state index contributed by atoms with van der Waals surface area (Å²) in [6.45, 7) is 3.93. The van der Waals surface area contributed by atoms with Crippen molar-refractivity contribution in [2.24, 2.45) is 0 Å². The van der Waals surface area contributed by atoms with Gasteiger partial charge in [-0.2, -0.15) is 0 Å². The molecule has 0 aliphatic carbocycles. The minimum atomic E-state index is -0.776. The summed E-state index contributed by atoms with van der Waals surface area (Å²) in [5.74, 6) is 2.67. The number of anilines is 1. The highest BCUT2D eigenvalue weighted by Crippen LogP contribution is 2.47. The quantitative estimate of drug-likeness (QED) is 0.352. The van der Waals surface area contributed by atoms with Gasteiger partial charge in [-0.25, -0.2) is 0 Å². The molecular weight excluding hydrogens is 462 g/mol. The summed E-state index contributed by atoms with van der Waals surface area (Å²) >= 11 is 0. The summed E-state index contributed by atoms with van der Waals surface area (Å²) in [4.78, 5) is 2.41. The topological polar surface area (TPSA) is 40.2 Å². The van der Waals surface area contributed by atoms with E-state index in [0.29, 0.717) is 0 Å². The third-order valence-electron chi connectivity index (χ3n) is 7.77. The summed E-state index contributed by atoms with van der Waals surface area (Å²) in [5.41, 5.74) is 4.89. The van der Waals surface area contributed by atoms with E-state index in [1.807, 2.05) is 12.1 Å². The van der Waals surface area contributed by atoms with Gasteiger partial charge in [0.05, 0.1) is 26.9 Å². The number of methoxy groups -OCH3 is 1. The molecule has 5 nitrogen and oxygen atoms in total. The van der Waals surface area contributed by atoms with Crippen LogP contribution in [0.2, 0.25) is 0 Å². The Labute approximate surface area is 216 Å². The summed E-state index contributed by atoms with van der Waals surface area (Å²) in [6, 6.07) is 25.5. The van der Waals surface area contributed by atoms with Gasteiger partial charge in [0.1, 0.15) is 17.2 Å². The third-order valence-corrected chi connectivity index (χ3v) is 7.77. The highest BCUT2D eigenvalue weighted by Gasteiger charge is 2.39. The SMILES string of the molecule is COc1ccc(C2(c3ccc4c(c3)CCO4)C=Cc3c(cc(N4CCOCC4)c4ccccc34)O2)cc1. The number of hydrogen-bond acceptors (Lipinski definition) is 5. The van der Waals surface area contributed by atoms with E-state index in [-0.39, 0.29) is 0 Å². The molecule has 186 valence electrons. The first-order chi connectivity index (χ1) is 18.2. The summed E-state index contributed by atoms with van der Waals surface area (Å²) in [5, 5.41) is 2.44. The lowest BCUT2D eigenvalue weighted by molar-refractivity contribution is 0.122. The molecule has 4 aromatic rings. The molecule has 37 heavy (non-hydrogen) atoms. The van der Waals surface area contributed by atoms with Crippen LogP contribution in [0.3, 0.4) is 0 Å². The molecule has 0 bridgehead atoms. The van der Waals surface area contributed by atoms with E-state index in [0.717, 1.165) is 73.3 Å². The summed E-state index contributed by atoms with van der Waals surface area (Å²) in [7, 11) is 1.69. The van der Waals surface area contributed by atoms with Crippen molar-refractivity contribution in [1.29, 1.82) is 0 Å². The van der Waals surface area contributed by atoms with Crippen molar-refractivity contribution in [2.75, 3.05) is 44.9 Å². The Morgan fingerprint density at radius 3 is 2.41 bits per heavy atom. The van der Waals surface area contributed by atoms with Gasteiger partial charge in [-0.05, 0) is 47.4 Å². The molecule has 0 N–H and O–H groups in total. The Balaban J connectivity index is 1.42. The molecule has 0 aromatic heterocycles. The molecule has 1 saturated heterocycles. The molecule has 0 radical (unpaired) electrons. The molecule has 0 spiro atoms. The maximum atomic E-state index is 7.14. The van der Waals surface area contributed by atoms with E-state index < -0.39 is 5.60 Å². The van der Waals surface area contributed by atoms with Crippen LogP contribution in [-0.2, 0) is 16.8 Å². The minimum Gasteiger partial charge on any atom is -0.497 e. The Bertz CT molecular complexity index is 1500. The van der Waals surface area contributed by atoms with Crippen molar-refractivity contribution in [3.05, 3.63) is 101 Å². The van der Waals surface area contributed by atoms with E-state index in [9.17, 15) is 0 Å². The summed E-state index contributed by atoms with van der Waals surface area (Å²) in [6.07, 6.45) is 5.35. The zero-order chi connectivity index (χ0) is 24.8. The van der Waals surface area contributed by atoms with Crippen LogP contribution in [-0.4, -0.2) is 40.0 Å². The minimum absolute atomic E-state index is 0.725.